The Morgan fingerprint density at radius 2 is 2.12 bits per heavy atom. The van der Waals surface area contributed by atoms with E-state index in [2.05, 4.69) is 16.6 Å². The van der Waals surface area contributed by atoms with Gasteiger partial charge in [0.1, 0.15) is 0 Å². The van der Waals surface area contributed by atoms with Gasteiger partial charge in [0.25, 0.3) is 0 Å². The quantitative estimate of drug-likeness (QED) is 0.790. The molecule has 0 aliphatic heterocycles. The Morgan fingerprint density at radius 1 is 1.41 bits per heavy atom. The highest BCUT2D eigenvalue weighted by Crippen LogP contribution is 2.17. The molecule has 4 nitrogen and oxygen atoms in total. The normalized spacial score (nSPS) is 10.5. The molecular formula is C12H16N2O2S. The van der Waals surface area contributed by atoms with Crippen molar-refractivity contribution in [2.24, 2.45) is 5.73 Å². The first kappa shape index (κ1) is 13.6. The standard InChI is InChI=1S/C12H16N2O2S/c1-3-17(15,16)14-12-9-11(5-4-8-13)7-6-10(12)2/h6-7,9,14H,3,8,13H2,1-2H3. The highest BCUT2D eigenvalue weighted by Gasteiger charge is 2.08. The second-order valence-corrected chi connectivity index (χ2v) is 5.55. The summed E-state index contributed by atoms with van der Waals surface area (Å²) in [6.07, 6.45) is 0. The summed E-state index contributed by atoms with van der Waals surface area (Å²) in [6.45, 7) is 3.72. The summed E-state index contributed by atoms with van der Waals surface area (Å²) in [5.74, 6) is 5.64. The smallest absolute Gasteiger partial charge is 0.232 e. The zero-order valence-electron chi connectivity index (χ0n) is 9.95. The maximum Gasteiger partial charge on any atom is 0.232 e. The van der Waals surface area contributed by atoms with Crippen LogP contribution in [-0.4, -0.2) is 20.7 Å². The average molecular weight is 252 g/mol. The highest BCUT2D eigenvalue weighted by molar-refractivity contribution is 7.92. The summed E-state index contributed by atoms with van der Waals surface area (Å²) < 4.78 is 25.5. The summed E-state index contributed by atoms with van der Waals surface area (Å²) in [5.41, 5.74) is 7.45. The van der Waals surface area contributed by atoms with Crippen LogP contribution in [0.2, 0.25) is 0 Å². The first-order valence-corrected chi connectivity index (χ1v) is 6.94. The third-order valence-electron chi connectivity index (χ3n) is 2.22. The molecule has 0 unspecified atom stereocenters. The Kier molecular flexibility index (Phi) is 4.55. The molecule has 0 atom stereocenters. The van der Waals surface area contributed by atoms with E-state index in [1.807, 2.05) is 19.1 Å². The van der Waals surface area contributed by atoms with Crippen molar-refractivity contribution in [2.75, 3.05) is 17.0 Å². The molecule has 0 aliphatic carbocycles. The molecule has 0 amide bonds. The summed E-state index contributed by atoms with van der Waals surface area (Å²) in [4.78, 5) is 0. The largest absolute Gasteiger partial charge is 0.320 e. The Morgan fingerprint density at radius 3 is 2.71 bits per heavy atom. The number of aryl methyl sites for hydroxylation is 1. The van der Waals surface area contributed by atoms with Crippen LogP contribution in [0.25, 0.3) is 0 Å². The number of benzene rings is 1. The molecule has 0 saturated carbocycles. The van der Waals surface area contributed by atoms with Crippen molar-refractivity contribution in [2.45, 2.75) is 13.8 Å². The SMILES string of the molecule is CCS(=O)(=O)Nc1cc(C#CCN)ccc1C. The average Bonchev–Trinajstić information content (AvgIpc) is 2.30. The zero-order chi connectivity index (χ0) is 12.9. The Labute approximate surface area is 102 Å². The van der Waals surface area contributed by atoms with E-state index in [0.29, 0.717) is 5.69 Å². The molecule has 5 heteroatoms. The van der Waals surface area contributed by atoms with Gasteiger partial charge in [-0.25, -0.2) is 8.42 Å². The number of anilines is 1. The van der Waals surface area contributed by atoms with Gasteiger partial charge in [-0.2, -0.15) is 0 Å². The summed E-state index contributed by atoms with van der Waals surface area (Å²) in [7, 11) is -3.26. The van der Waals surface area contributed by atoms with Crippen molar-refractivity contribution in [3.05, 3.63) is 29.3 Å². The summed E-state index contributed by atoms with van der Waals surface area (Å²) in [5, 5.41) is 0. The van der Waals surface area contributed by atoms with Gasteiger partial charge in [0.05, 0.1) is 18.0 Å². The molecule has 0 aromatic heterocycles. The van der Waals surface area contributed by atoms with Crippen LogP contribution in [0.5, 0.6) is 0 Å². The topological polar surface area (TPSA) is 72.2 Å². The van der Waals surface area contributed by atoms with Gasteiger partial charge in [-0.1, -0.05) is 17.9 Å². The first-order valence-electron chi connectivity index (χ1n) is 5.28. The van der Waals surface area contributed by atoms with Gasteiger partial charge in [0.15, 0.2) is 0 Å². The van der Waals surface area contributed by atoms with Crippen LogP contribution in [0.15, 0.2) is 18.2 Å². The molecule has 17 heavy (non-hydrogen) atoms. The zero-order valence-corrected chi connectivity index (χ0v) is 10.8. The van der Waals surface area contributed by atoms with Crippen LogP contribution < -0.4 is 10.5 Å². The number of rotatable bonds is 3. The van der Waals surface area contributed by atoms with Crippen molar-refractivity contribution < 1.29 is 8.42 Å². The minimum Gasteiger partial charge on any atom is -0.320 e. The Hall–Kier alpha value is -1.51. The molecule has 92 valence electrons. The van der Waals surface area contributed by atoms with E-state index >= 15 is 0 Å². The van der Waals surface area contributed by atoms with E-state index in [1.165, 1.54) is 0 Å². The van der Waals surface area contributed by atoms with Gasteiger partial charge in [-0.05, 0) is 31.5 Å². The molecule has 1 rings (SSSR count). The molecule has 1 aromatic carbocycles. The van der Waals surface area contributed by atoms with Gasteiger partial charge >= 0.3 is 0 Å². The van der Waals surface area contributed by atoms with Gasteiger partial charge in [-0.15, -0.1) is 0 Å². The molecule has 3 N–H and O–H groups in total. The van der Waals surface area contributed by atoms with E-state index in [-0.39, 0.29) is 12.3 Å². The number of sulfonamides is 1. The fraction of sp³-hybridized carbons (Fsp3) is 0.333. The monoisotopic (exact) mass is 252 g/mol. The van der Waals surface area contributed by atoms with E-state index in [9.17, 15) is 8.42 Å². The minimum atomic E-state index is -3.26. The van der Waals surface area contributed by atoms with Crippen molar-refractivity contribution in [1.29, 1.82) is 0 Å². The lowest BCUT2D eigenvalue weighted by Gasteiger charge is -2.09. The molecule has 0 fully saturated rings. The maximum atomic E-state index is 11.5. The van der Waals surface area contributed by atoms with E-state index in [4.69, 9.17) is 5.73 Å². The lowest BCUT2D eigenvalue weighted by Crippen LogP contribution is -2.15. The van der Waals surface area contributed by atoms with Crippen molar-refractivity contribution in [1.82, 2.24) is 0 Å². The molecule has 0 aliphatic rings. The van der Waals surface area contributed by atoms with Crippen LogP contribution in [0, 0.1) is 18.8 Å². The molecular weight excluding hydrogens is 236 g/mol. The molecule has 1 aromatic rings. The number of nitrogens with one attached hydrogen (secondary N) is 1. The highest BCUT2D eigenvalue weighted by atomic mass is 32.2. The molecule has 0 spiro atoms. The Bertz CT molecular complexity index is 554. The first-order chi connectivity index (χ1) is 7.98. The van der Waals surface area contributed by atoms with E-state index < -0.39 is 10.0 Å². The molecule has 0 saturated heterocycles. The van der Waals surface area contributed by atoms with Crippen molar-refractivity contribution in [3.8, 4) is 11.8 Å². The van der Waals surface area contributed by atoms with Gasteiger partial charge in [0.2, 0.25) is 10.0 Å². The van der Waals surface area contributed by atoms with Crippen LogP contribution in [-0.2, 0) is 10.0 Å². The fourth-order valence-corrected chi connectivity index (χ4v) is 1.90. The van der Waals surface area contributed by atoms with Crippen LogP contribution in [0.4, 0.5) is 5.69 Å². The third-order valence-corrected chi connectivity index (χ3v) is 3.51. The van der Waals surface area contributed by atoms with Crippen LogP contribution >= 0.6 is 0 Å². The summed E-state index contributed by atoms with van der Waals surface area (Å²) in [6, 6.07) is 5.38. The van der Waals surface area contributed by atoms with E-state index in [1.54, 1.807) is 13.0 Å². The van der Waals surface area contributed by atoms with Crippen molar-refractivity contribution >= 4 is 15.7 Å². The number of hydrogen-bond acceptors (Lipinski definition) is 3. The van der Waals surface area contributed by atoms with Crippen LogP contribution in [0.3, 0.4) is 0 Å². The lowest BCUT2D eigenvalue weighted by atomic mass is 10.1. The van der Waals surface area contributed by atoms with Gasteiger partial charge in [-0.3, -0.25) is 4.72 Å². The molecule has 0 heterocycles. The third kappa shape index (κ3) is 4.10. The maximum absolute atomic E-state index is 11.5. The van der Waals surface area contributed by atoms with Crippen molar-refractivity contribution in [3.63, 3.8) is 0 Å². The van der Waals surface area contributed by atoms with Gasteiger partial charge < -0.3 is 5.73 Å². The van der Waals surface area contributed by atoms with E-state index in [0.717, 1.165) is 11.1 Å². The fourth-order valence-electron chi connectivity index (χ4n) is 1.20. The molecule has 0 bridgehead atoms. The lowest BCUT2D eigenvalue weighted by molar-refractivity contribution is 0.602. The second kappa shape index (κ2) is 5.71. The summed E-state index contributed by atoms with van der Waals surface area (Å²) >= 11 is 0. The number of hydrogen-bond donors (Lipinski definition) is 2. The molecule has 0 radical (unpaired) electrons. The van der Waals surface area contributed by atoms with Crippen LogP contribution in [0.1, 0.15) is 18.1 Å². The van der Waals surface area contributed by atoms with Gasteiger partial charge in [0, 0.05) is 5.56 Å². The predicted octanol–water partition coefficient (Wildman–Crippen LogP) is 1.07. The minimum absolute atomic E-state index is 0.0468. The second-order valence-electron chi connectivity index (χ2n) is 3.54. The Balaban J connectivity index is 3.07. The number of nitrogens with two attached hydrogens (primary N) is 1. The predicted molar refractivity (Wildman–Crippen MR) is 70.2 cm³/mol.